The number of benzene rings is 1. The Hall–Kier alpha value is -0.820. The average Bonchev–Trinajstić information content (AvgIpc) is 2.25. The fourth-order valence-electron chi connectivity index (χ4n) is 1.86. The molecule has 0 heterocycles. The Morgan fingerprint density at radius 1 is 1.06 bits per heavy atom. The van der Waals surface area contributed by atoms with Crippen molar-refractivity contribution in [3.63, 3.8) is 0 Å². The smallest absolute Gasteiger partial charge is 0.00257 e. The van der Waals surface area contributed by atoms with Crippen LogP contribution in [0.4, 0.5) is 0 Å². The van der Waals surface area contributed by atoms with Crippen LogP contribution < -0.4 is 5.73 Å². The summed E-state index contributed by atoms with van der Waals surface area (Å²) < 4.78 is 0. The lowest BCUT2D eigenvalue weighted by Gasteiger charge is -2.23. The highest BCUT2D eigenvalue weighted by molar-refractivity contribution is 5.38. The highest BCUT2D eigenvalue weighted by Crippen LogP contribution is 2.24. The lowest BCUT2D eigenvalue weighted by atomic mass is 9.85. The molecular weight excluding hydrogens is 194 g/mol. The predicted molar refractivity (Wildman–Crippen MR) is 71.8 cm³/mol. The molecule has 0 fully saturated rings. The molecule has 0 bridgehead atoms. The molecule has 1 rings (SSSR count). The topological polar surface area (TPSA) is 26.0 Å². The van der Waals surface area contributed by atoms with E-state index in [1.807, 2.05) is 0 Å². The fraction of sp³-hybridized carbons (Fsp3) is 0.600. The van der Waals surface area contributed by atoms with Crippen LogP contribution in [0, 0.1) is 26.2 Å². The molecule has 0 aliphatic carbocycles. The highest BCUT2D eigenvalue weighted by atomic mass is 14.6. The van der Waals surface area contributed by atoms with E-state index >= 15 is 0 Å². The first-order valence-electron chi connectivity index (χ1n) is 6.13. The first-order valence-corrected chi connectivity index (χ1v) is 6.13. The van der Waals surface area contributed by atoms with Crippen LogP contribution in [0.25, 0.3) is 0 Å². The van der Waals surface area contributed by atoms with E-state index in [2.05, 4.69) is 46.8 Å². The second-order valence-electron chi connectivity index (χ2n) is 5.66. The van der Waals surface area contributed by atoms with E-state index in [4.69, 9.17) is 5.73 Å². The van der Waals surface area contributed by atoms with Gasteiger partial charge in [0.15, 0.2) is 0 Å². The van der Waals surface area contributed by atoms with E-state index < -0.39 is 0 Å². The molecule has 0 saturated heterocycles. The van der Waals surface area contributed by atoms with Crippen molar-refractivity contribution in [3.8, 4) is 0 Å². The molecule has 1 heteroatoms. The Morgan fingerprint density at radius 3 is 2.25 bits per heavy atom. The zero-order chi connectivity index (χ0) is 12.3. The molecule has 1 aromatic carbocycles. The van der Waals surface area contributed by atoms with Gasteiger partial charge in [0, 0.05) is 0 Å². The summed E-state index contributed by atoms with van der Waals surface area (Å²) in [6.07, 6.45) is 2.30. The summed E-state index contributed by atoms with van der Waals surface area (Å²) >= 11 is 0. The van der Waals surface area contributed by atoms with E-state index in [0.717, 1.165) is 19.4 Å². The van der Waals surface area contributed by atoms with Gasteiger partial charge in [0.1, 0.15) is 0 Å². The molecule has 2 N–H and O–H groups in total. The number of hydrogen-bond acceptors (Lipinski definition) is 1. The lowest BCUT2D eigenvalue weighted by molar-refractivity contribution is 0.347. The third-order valence-electron chi connectivity index (χ3n) is 3.79. The van der Waals surface area contributed by atoms with E-state index in [1.54, 1.807) is 0 Å². The van der Waals surface area contributed by atoms with Gasteiger partial charge in [-0.3, -0.25) is 0 Å². The van der Waals surface area contributed by atoms with Crippen molar-refractivity contribution in [2.45, 2.75) is 47.5 Å². The van der Waals surface area contributed by atoms with Crippen LogP contribution in [-0.4, -0.2) is 6.54 Å². The first kappa shape index (κ1) is 13.2. The fourth-order valence-corrected chi connectivity index (χ4v) is 1.86. The maximum Gasteiger partial charge on any atom is -0.00257 e. The van der Waals surface area contributed by atoms with Crippen molar-refractivity contribution >= 4 is 0 Å². The zero-order valence-corrected chi connectivity index (χ0v) is 11.4. The number of aryl methyl sites for hydroxylation is 2. The van der Waals surface area contributed by atoms with E-state index in [9.17, 15) is 0 Å². The van der Waals surface area contributed by atoms with Crippen LogP contribution in [-0.2, 0) is 6.42 Å². The van der Waals surface area contributed by atoms with Crippen LogP contribution in [0.3, 0.4) is 0 Å². The second-order valence-corrected chi connectivity index (χ2v) is 5.66. The Kier molecular flexibility index (Phi) is 4.15. The highest BCUT2D eigenvalue weighted by Gasteiger charge is 2.16. The van der Waals surface area contributed by atoms with Gasteiger partial charge in [-0.05, 0) is 67.8 Å². The maximum absolute atomic E-state index is 5.76. The number of rotatable bonds is 4. The third kappa shape index (κ3) is 3.08. The SMILES string of the molecule is Cc1ccc(CCC(C)(C)CN)c(C)c1C. The van der Waals surface area contributed by atoms with Crippen molar-refractivity contribution in [1.29, 1.82) is 0 Å². The summed E-state index contributed by atoms with van der Waals surface area (Å²) in [4.78, 5) is 0. The third-order valence-corrected chi connectivity index (χ3v) is 3.79. The van der Waals surface area contributed by atoms with E-state index in [-0.39, 0.29) is 5.41 Å². The molecule has 90 valence electrons. The van der Waals surface area contributed by atoms with Crippen LogP contribution in [0.15, 0.2) is 12.1 Å². The Morgan fingerprint density at radius 2 is 1.69 bits per heavy atom. The quantitative estimate of drug-likeness (QED) is 0.823. The second kappa shape index (κ2) is 5.01. The van der Waals surface area contributed by atoms with Gasteiger partial charge >= 0.3 is 0 Å². The molecule has 0 amide bonds. The molecule has 1 aromatic rings. The van der Waals surface area contributed by atoms with Gasteiger partial charge in [-0.25, -0.2) is 0 Å². The summed E-state index contributed by atoms with van der Waals surface area (Å²) in [7, 11) is 0. The predicted octanol–water partition coefficient (Wildman–Crippen LogP) is 3.53. The molecule has 0 aliphatic rings. The number of nitrogens with two attached hydrogens (primary N) is 1. The van der Waals surface area contributed by atoms with E-state index in [0.29, 0.717) is 0 Å². The summed E-state index contributed by atoms with van der Waals surface area (Å²) in [6, 6.07) is 4.50. The van der Waals surface area contributed by atoms with Crippen molar-refractivity contribution in [3.05, 3.63) is 34.4 Å². The minimum atomic E-state index is 0.255. The minimum Gasteiger partial charge on any atom is -0.330 e. The Balaban J connectivity index is 2.80. The molecule has 0 unspecified atom stereocenters. The number of hydrogen-bond donors (Lipinski definition) is 1. The van der Waals surface area contributed by atoms with Gasteiger partial charge in [0.25, 0.3) is 0 Å². The van der Waals surface area contributed by atoms with Crippen LogP contribution in [0.5, 0.6) is 0 Å². The van der Waals surface area contributed by atoms with Gasteiger partial charge in [-0.15, -0.1) is 0 Å². The van der Waals surface area contributed by atoms with Gasteiger partial charge < -0.3 is 5.73 Å². The molecular formula is C15H25N. The molecule has 0 spiro atoms. The maximum atomic E-state index is 5.76. The van der Waals surface area contributed by atoms with Crippen LogP contribution in [0.1, 0.15) is 42.5 Å². The van der Waals surface area contributed by atoms with Gasteiger partial charge in [-0.2, -0.15) is 0 Å². The van der Waals surface area contributed by atoms with Gasteiger partial charge in [0.05, 0.1) is 0 Å². The zero-order valence-electron chi connectivity index (χ0n) is 11.4. The molecule has 0 saturated carbocycles. The largest absolute Gasteiger partial charge is 0.330 e. The monoisotopic (exact) mass is 219 g/mol. The van der Waals surface area contributed by atoms with Crippen molar-refractivity contribution < 1.29 is 0 Å². The van der Waals surface area contributed by atoms with Crippen molar-refractivity contribution in [2.75, 3.05) is 6.54 Å². The summed E-state index contributed by atoms with van der Waals surface area (Å²) in [5, 5.41) is 0. The lowest BCUT2D eigenvalue weighted by Crippen LogP contribution is -2.24. The Labute approximate surface area is 100 Å². The standard InChI is InChI=1S/C15H25N/c1-11-6-7-14(13(3)12(11)2)8-9-15(4,5)10-16/h6-7H,8-10,16H2,1-5H3. The molecule has 0 aromatic heterocycles. The van der Waals surface area contributed by atoms with Gasteiger partial charge in [-0.1, -0.05) is 26.0 Å². The van der Waals surface area contributed by atoms with Crippen molar-refractivity contribution in [2.24, 2.45) is 11.1 Å². The van der Waals surface area contributed by atoms with Crippen molar-refractivity contribution in [1.82, 2.24) is 0 Å². The molecule has 1 nitrogen and oxygen atoms in total. The minimum absolute atomic E-state index is 0.255. The first-order chi connectivity index (χ1) is 7.37. The summed E-state index contributed by atoms with van der Waals surface area (Å²) in [5.41, 5.74) is 11.8. The molecule has 0 aliphatic heterocycles. The Bertz CT molecular complexity index is 364. The van der Waals surface area contributed by atoms with E-state index in [1.165, 1.54) is 22.3 Å². The van der Waals surface area contributed by atoms with Crippen LogP contribution >= 0.6 is 0 Å². The van der Waals surface area contributed by atoms with Gasteiger partial charge in [0.2, 0.25) is 0 Å². The average molecular weight is 219 g/mol. The summed E-state index contributed by atoms with van der Waals surface area (Å²) in [5.74, 6) is 0. The molecule has 16 heavy (non-hydrogen) atoms. The summed E-state index contributed by atoms with van der Waals surface area (Å²) in [6.45, 7) is 11.9. The molecule has 0 radical (unpaired) electrons. The van der Waals surface area contributed by atoms with Crippen LogP contribution in [0.2, 0.25) is 0 Å². The molecule has 0 atom stereocenters. The normalized spacial score (nSPS) is 11.9.